The molecule has 4 nitrogen and oxygen atoms in total. The maximum atomic E-state index is 11.5. The van der Waals surface area contributed by atoms with Crippen LogP contribution in [-0.2, 0) is 16.0 Å². The largest absolute Gasteiger partial charge is 0.449 e. The van der Waals surface area contributed by atoms with Gasteiger partial charge < -0.3 is 14.8 Å². The van der Waals surface area contributed by atoms with Crippen LogP contribution in [0.15, 0.2) is 30.3 Å². The molecule has 1 rings (SSSR count). The maximum Gasteiger partial charge on any atom is 0.407 e. The number of benzene rings is 1. The summed E-state index contributed by atoms with van der Waals surface area (Å²) in [5.74, 6) is 0. The van der Waals surface area contributed by atoms with Gasteiger partial charge in [-0.3, -0.25) is 0 Å². The zero-order chi connectivity index (χ0) is 13.9. The van der Waals surface area contributed by atoms with Gasteiger partial charge in [-0.05, 0) is 12.0 Å². The summed E-state index contributed by atoms with van der Waals surface area (Å²) in [6.07, 6.45) is 3.48. The molecular formula is C15H21NO3. The second-order valence-electron chi connectivity index (χ2n) is 4.40. The Hall–Kier alpha value is -1.84. The van der Waals surface area contributed by atoms with Crippen molar-refractivity contribution in [1.29, 1.82) is 0 Å². The molecular weight excluding hydrogens is 242 g/mol. The number of carbonyl (C=O) groups is 2. The van der Waals surface area contributed by atoms with E-state index in [9.17, 15) is 9.59 Å². The Bertz CT molecular complexity index is 378. The Morgan fingerprint density at radius 1 is 1.37 bits per heavy atom. The average molecular weight is 263 g/mol. The predicted molar refractivity (Wildman–Crippen MR) is 74.0 cm³/mol. The SMILES string of the molecule is CCCC[C@@H](C=O)NC(=O)OCCc1ccccc1. The summed E-state index contributed by atoms with van der Waals surface area (Å²) in [5.41, 5.74) is 1.12. The van der Waals surface area contributed by atoms with Crippen LogP contribution in [0.1, 0.15) is 31.7 Å². The number of alkyl carbamates (subject to hydrolysis) is 1. The van der Waals surface area contributed by atoms with Gasteiger partial charge in [0.1, 0.15) is 6.29 Å². The van der Waals surface area contributed by atoms with Gasteiger partial charge >= 0.3 is 6.09 Å². The van der Waals surface area contributed by atoms with Crippen LogP contribution in [0.2, 0.25) is 0 Å². The molecule has 0 fully saturated rings. The van der Waals surface area contributed by atoms with Crippen LogP contribution < -0.4 is 5.32 Å². The molecule has 0 saturated heterocycles. The third kappa shape index (κ3) is 6.60. The van der Waals surface area contributed by atoms with E-state index in [1.54, 1.807) is 0 Å². The van der Waals surface area contributed by atoms with Gasteiger partial charge in [0.15, 0.2) is 0 Å². The van der Waals surface area contributed by atoms with Crippen molar-refractivity contribution in [1.82, 2.24) is 5.32 Å². The summed E-state index contributed by atoms with van der Waals surface area (Å²) in [6, 6.07) is 9.36. The van der Waals surface area contributed by atoms with Crippen molar-refractivity contribution in [3.63, 3.8) is 0 Å². The van der Waals surface area contributed by atoms with Crippen molar-refractivity contribution in [3.8, 4) is 0 Å². The molecule has 0 aromatic heterocycles. The van der Waals surface area contributed by atoms with Crippen LogP contribution >= 0.6 is 0 Å². The third-order valence-corrected chi connectivity index (χ3v) is 2.80. The lowest BCUT2D eigenvalue weighted by Crippen LogP contribution is -2.36. The molecule has 0 unspecified atom stereocenters. The summed E-state index contributed by atoms with van der Waals surface area (Å²) in [4.78, 5) is 22.2. The molecule has 19 heavy (non-hydrogen) atoms. The molecule has 104 valence electrons. The Balaban J connectivity index is 2.21. The molecule has 0 spiro atoms. The van der Waals surface area contributed by atoms with Gasteiger partial charge in [0.25, 0.3) is 0 Å². The highest BCUT2D eigenvalue weighted by Gasteiger charge is 2.11. The van der Waals surface area contributed by atoms with E-state index >= 15 is 0 Å². The Morgan fingerprint density at radius 2 is 2.11 bits per heavy atom. The Morgan fingerprint density at radius 3 is 2.74 bits per heavy atom. The first kappa shape index (κ1) is 15.2. The van der Waals surface area contributed by atoms with Gasteiger partial charge in [-0.1, -0.05) is 50.1 Å². The first-order valence-electron chi connectivity index (χ1n) is 6.68. The van der Waals surface area contributed by atoms with E-state index in [1.807, 2.05) is 37.3 Å². The summed E-state index contributed by atoms with van der Waals surface area (Å²) in [6.45, 7) is 2.36. The monoisotopic (exact) mass is 263 g/mol. The summed E-state index contributed by atoms with van der Waals surface area (Å²) < 4.78 is 5.05. The number of hydrogen-bond acceptors (Lipinski definition) is 3. The second kappa shape index (κ2) is 9.14. The third-order valence-electron chi connectivity index (χ3n) is 2.80. The molecule has 0 aliphatic carbocycles. The van der Waals surface area contributed by atoms with Crippen LogP contribution in [0.3, 0.4) is 0 Å². The molecule has 0 bridgehead atoms. The number of ether oxygens (including phenoxy) is 1. The van der Waals surface area contributed by atoms with Gasteiger partial charge in [0.2, 0.25) is 0 Å². The lowest BCUT2D eigenvalue weighted by molar-refractivity contribution is -0.109. The van der Waals surface area contributed by atoms with E-state index in [0.717, 1.165) is 24.7 Å². The normalized spacial score (nSPS) is 11.6. The first-order valence-corrected chi connectivity index (χ1v) is 6.68. The Labute approximate surface area is 114 Å². The van der Waals surface area contributed by atoms with Crippen LogP contribution in [-0.4, -0.2) is 25.0 Å². The number of aldehydes is 1. The van der Waals surface area contributed by atoms with Crippen LogP contribution in [0, 0.1) is 0 Å². The molecule has 1 aromatic carbocycles. The predicted octanol–water partition coefficient (Wildman–Crippen LogP) is 2.71. The smallest absolute Gasteiger partial charge is 0.407 e. The van der Waals surface area contributed by atoms with E-state index in [-0.39, 0.29) is 0 Å². The fraction of sp³-hybridized carbons (Fsp3) is 0.467. The molecule has 4 heteroatoms. The molecule has 1 atom stereocenters. The molecule has 0 aliphatic heterocycles. The summed E-state index contributed by atoms with van der Waals surface area (Å²) in [7, 11) is 0. The lowest BCUT2D eigenvalue weighted by atomic mass is 10.1. The fourth-order valence-corrected chi connectivity index (χ4v) is 1.70. The van der Waals surface area contributed by atoms with Gasteiger partial charge in [-0.15, -0.1) is 0 Å². The quantitative estimate of drug-likeness (QED) is 0.734. The molecule has 1 N–H and O–H groups in total. The van der Waals surface area contributed by atoms with Crippen LogP contribution in [0.25, 0.3) is 0 Å². The standard InChI is InChI=1S/C15H21NO3/c1-2-3-9-14(12-17)16-15(18)19-11-10-13-7-5-4-6-8-13/h4-8,12,14H,2-3,9-11H2,1H3,(H,16,18)/t14-/m0/s1. The van der Waals surface area contributed by atoms with Crippen molar-refractivity contribution < 1.29 is 14.3 Å². The minimum Gasteiger partial charge on any atom is -0.449 e. The first-order chi connectivity index (χ1) is 9.26. The molecule has 0 aliphatic rings. The summed E-state index contributed by atoms with van der Waals surface area (Å²) >= 11 is 0. The number of unbranched alkanes of at least 4 members (excludes halogenated alkanes) is 1. The zero-order valence-corrected chi connectivity index (χ0v) is 11.3. The van der Waals surface area contributed by atoms with Gasteiger partial charge in [0.05, 0.1) is 12.6 Å². The number of rotatable bonds is 8. The maximum absolute atomic E-state index is 11.5. The van der Waals surface area contributed by atoms with E-state index in [0.29, 0.717) is 19.4 Å². The van der Waals surface area contributed by atoms with Crippen LogP contribution in [0.4, 0.5) is 4.79 Å². The highest BCUT2D eigenvalue weighted by atomic mass is 16.5. The minimum absolute atomic E-state index is 0.315. The van der Waals surface area contributed by atoms with E-state index in [2.05, 4.69) is 5.32 Å². The molecule has 0 heterocycles. The van der Waals surface area contributed by atoms with E-state index < -0.39 is 12.1 Å². The molecule has 1 amide bonds. The van der Waals surface area contributed by atoms with Gasteiger partial charge in [-0.2, -0.15) is 0 Å². The van der Waals surface area contributed by atoms with Crippen molar-refractivity contribution in [3.05, 3.63) is 35.9 Å². The highest BCUT2D eigenvalue weighted by Crippen LogP contribution is 2.01. The van der Waals surface area contributed by atoms with Crippen molar-refractivity contribution in [2.75, 3.05) is 6.61 Å². The molecule has 0 radical (unpaired) electrons. The van der Waals surface area contributed by atoms with Crippen LogP contribution in [0.5, 0.6) is 0 Å². The molecule has 1 aromatic rings. The van der Waals surface area contributed by atoms with Gasteiger partial charge in [-0.25, -0.2) is 4.79 Å². The fourth-order valence-electron chi connectivity index (χ4n) is 1.70. The van der Waals surface area contributed by atoms with Crippen molar-refractivity contribution in [2.45, 2.75) is 38.6 Å². The van der Waals surface area contributed by atoms with Crippen molar-refractivity contribution >= 4 is 12.4 Å². The second-order valence-corrected chi connectivity index (χ2v) is 4.40. The number of hydrogen-bond donors (Lipinski definition) is 1. The Kier molecular flexibility index (Phi) is 7.32. The van der Waals surface area contributed by atoms with E-state index in [4.69, 9.17) is 4.74 Å². The lowest BCUT2D eigenvalue weighted by Gasteiger charge is -2.12. The highest BCUT2D eigenvalue weighted by molar-refractivity contribution is 5.72. The topological polar surface area (TPSA) is 55.4 Å². The zero-order valence-electron chi connectivity index (χ0n) is 11.3. The number of carbonyl (C=O) groups excluding carboxylic acids is 2. The van der Waals surface area contributed by atoms with Gasteiger partial charge in [0, 0.05) is 6.42 Å². The number of nitrogens with one attached hydrogen (secondary N) is 1. The molecule has 0 saturated carbocycles. The minimum atomic E-state index is -0.524. The van der Waals surface area contributed by atoms with Crippen molar-refractivity contribution in [2.24, 2.45) is 0 Å². The average Bonchev–Trinajstić information content (AvgIpc) is 2.44. The summed E-state index contributed by atoms with van der Waals surface area (Å²) in [5, 5.41) is 2.56. The van der Waals surface area contributed by atoms with E-state index in [1.165, 1.54) is 0 Å². The number of amides is 1.